The minimum absolute atomic E-state index is 0.120. The number of benzene rings is 1. The van der Waals surface area contributed by atoms with Crippen LogP contribution in [0, 0.1) is 5.82 Å². The Morgan fingerprint density at radius 3 is 2.60 bits per heavy atom. The highest BCUT2D eigenvalue weighted by Crippen LogP contribution is 2.31. The maximum Gasteiger partial charge on any atom is 0.573 e. The SMILES string of the molecule is CCc1cc2c(C(N)=O)nn(CC(=O)N3C[C@H](F)[C@@H](OC)[C@H]3C(=O)Nc3cccc(OC(F)(F)F)c3F)c2cn1. The third kappa shape index (κ3) is 5.66. The molecule has 40 heavy (non-hydrogen) atoms. The number of hydrogen-bond acceptors (Lipinski definition) is 7. The normalized spacial score (nSPS) is 19.2. The third-order valence-electron chi connectivity index (χ3n) is 6.26. The van der Waals surface area contributed by atoms with Gasteiger partial charge in [-0.15, -0.1) is 13.2 Å². The highest BCUT2D eigenvalue weighted by atomic mass is 19.4. The molecule has 3 heterocycles. The number of anilines is 1. The summed E-state index contributed by atoms with van der Waals surface area (Å²) in [5.74, 6) is -5.54. The number of aromatic nitrogens is 3. The smallest absolute Gasteiger partial charge is 0.403 e. The average molecular weight is 570 g/mol. The van der Waals surface area contributed by atoms with Crippen LogP contribution in [0.15, 0.2) is 30.5 Å². The van der Waals surface area contributed by atoms with Gasteiger partial charge in [-0.1, -0.05) is 13.0 Å². The number of primary amides is 1. The minimum Gasteiger partial charge on any atom is -0.403 e. The second-order valence-corrected chi connectivity index (χ2v) is 8.78. The van der Waals surface area contributed by atoms with Crippen molar-refractivity contribution >= 4 is 34.3 Å². The van der Waals surface area contributed by atoms with Gasteiger partial charge in [0.15, 0.2) is 17.3 Å². The van der Waals surface area contributed by atoms with Crippen LogP contribution in [0.5, 0.6) is 5.75 Å². The van der Waals surface area contributed by atoms with E-state index in [2.05, 4.69) is 20.1 Å². The van der Waals surface area contributed by atoms with E-state index in [-0.39, 0.29) is 11.2 Å². The number of aryl methyl sites for hydroxylation is 1. The third-order valence-corrected chi connectivity index (χ3v) is 6.26. The molecule has 0 spiro atoms. The van der Waals surface area contributed by atoms with Gasteiger partial charge in [0, 0.05) is 18.2 Å². The molecular weight excluding hydrogens is 547 g/mol. The van der Waals surface area contributed by atoms with E-state index < -0.39 is 72.7 Å². The molecule has 0 aliphatic carbocycles. The number of amides is 3. The van der Waals surface area contributed by atoms with E-state index in [1.54, 1.807) is 6.07 Å². The Morgan fingerprint density at radius 2 is 1.98 bits per heavy atom. The van der Waals surface area contributed by atoms with E-state index in [0.29, 0.717) is 23.6 Å². The molecule has 16 heteroatoms. The number of alkyl halides is 4. The van der Waals surface area contributed by atoms with E-state index in [1.807, 2.05) is 6.92 Å². The maximum atomic E-state index is 14.9. The highest BCUT2D eigenvalue weighted by molar-refractivity contribution is 6.04. The number of carbonyl (C=O) groups is 3. The van der Waals surface area contributed by atoms with Crippen LogP contribution in [0.1, 0.15) is 23.1 Å². The molecule has 11 nitrogen and oxygen atoms in total. The van der Waals surface area contributed by atoms with Crippen molar-refractivity contribution in [1.82, 2.24) is 19.7 Å². The molecule has 1 fully saturated rings. The number of ether oxygens (including phenoxy) is 2. The number of methoxy groups -OCH3 is 1. The Kier molecular flexibility index (Phi) is 7.91. The minimum atomic E-state index is -5.20. The molecule has 0 radical (unpaired) electrons. The first-order valence-electron chi connectivity index (χ1n) is 11.8. The molecule has 1 aliphatic rings. The molecule has 4 rings (SSSR count). The van der Waals surface area contributed by atoms with Crippen LogP contribution in [-0.4, -0.2) is 75.7 Å². The van der Waals surface area contributed by atoms with E-state index in [0.717, 1.165) is 28.8 Å². The zero-order valence-electron chi connectivity index (χ0n) is 21.0. The predicted octanol–water partition coefficient (Wildman–Crippen LogP) is 2.33. The number of pyridine rings is 1. The van der Waals surface area contributed by atoms with Gasteiger partial charge in [0.2, 0.25) is 11.8 Å². The monoisotopic (exact) mass is 570 g/mol. The molecular formula is C24H23F5N6O5. The van der Waals surface area contributed by atoms with Crippen LogP contribution >= 0.6 is 0 Å². The lowest BCUT2D eigenvalue weighted by atomic mass is 10.1. The van der Waals surface area contributed by atoms with Gasteiger partial charge in [-0.3, -0.25) is 24.0 Å². The van der Waals surface area contributed by atoms with E-state index >= 15 is 0 Å². The Bertz CT molecular complexity index is 1460. The highest BCUT2D eigenvalue weighted by Gasteiger charge is 2.49. The zero-order valence-corrected chi connectivity index (χ0v) is 21.0. The summed E-state index contributed by atoms with van der Waals surface area (Å²) in [6.07, 6.45) is -6.57. The van der Waals surface area contributed by atoms with Crippen LogP contribution < -0.4 is 15.8 Å². The molecule has 1 aromatic carbocycles. The summed E-state index contributed by atoms with van der Waals surface area (Å²) in [5.41, 5.74) is 5.53. The Hall–Kier alpha value is -4.34. The van der Waals surface area contributed by atoms with Crippen molar-refractivity contribution in [2.75, 3.05) is 19.0 Å². The van der Waals surface area contributed by atoms with Gasteiger partial charge in [0.25, 0.3) is 5.91 Å². The topological polar surface area (TPSA) is 142 Å². The number of likely N-dealkylation sites (tertiary alicyclic amines) is 1. The Morgan fingerprint density at radius 1 is 1.25 bits per heavy atom. The van der Waals surface area contributed by atoms with Crippen LogP contribution in [0.25, 0.3) is 10.9 Å². The number of halogens is 5. The summed E-state index contributed by atoms with van der Waals surface area (Å²) in [7, 11) is 1.10. The fourth-order valence-electron chi connectivity index (χ4n) is 4.45. The van der Waals surface area contributed by atoms with Gasteiger partial charge in [-0.2, -0.15) is 5.10 Å². The largest absolute Gasteiger partial charge is 0.573 e. The molecule has 3 atom stereocenters. The van der Waals surface area contributed by atoms with Crippen molar-refractivity contribution in [3.05, 3.63) is 47.7 Å². The van der Waals surface area contributed by atoms with Crippen LogP contribution in [0.4, 0.5) is 27.6 Å². The number of hydrogen-bond donors (Lipinski definition) is 2. The zero-order chi connectivity index (χ0) is 29.4. The van der Waals surface area contributed by atoms with Gasteiger partial charge >= 0.3 is 6.36 Å². The number of nitrogens with one attached hydrogen (secondary N) is 1. The van der Waals surface area contributed by atoms with E-state index in [1.165, 1.54) is 6.20 Å². The fourth-order valence-corrected chi connectivity index (χ4v) is 4.45. The summed E-state index contributed by atoms with van der Waals surface area (Å²) < 4.78 is 77.1. The second kappa shape index (κ2) is 11.0. The lowest BCUT2D eigenvalue weighted by Crippen LogP contribution is -2.49. The molecule has 0 bridgehead atoms. The van der Waals surface area contributed by atoms with Crippen molar-refractivity contribution in [2.45, 2.75) is 44.6 Å². The van der Waals surface area contributed by atoms with Crippen molar-refractivity contribution in [2.24, 2.45) is 5.73 Å². The second-order valence-electron chi connectivity index (χ2n) is 8.78. The van der Waals surface area contributed by atoms with E-state index in [4.69, 9.17) is 10.5 Å². The lowest BCUT2D eigenvalue weighted by Gasteiger charge is -2.26. The lowest BCUT2D eigenvalue weighted by molar-refractivity contribution is -0.275. The summed E-state index contributed by atoms with van der Waals surface area (Å²) in [5, 5.41) is 6.52. The van der Waals surface area contributed by atoms with Crippen molar-refractivity contribution in [3.8, 4) is 5.75 Å². The summed E-state index contributed by atoms with van der Waals surface area (Å²) >= 11 is 0. The number of nitrogens with two attached hydrogens (primary N) is 1. The maximum absolute atomic E-state index is 14.9. The molecule has 214 valence electrons. The number of rotatable bonds is 8. The first-order valence-corrected chi connectivity index (χ1v) is 11.8. The molecule has 3 N–H and O–H groups in total. The molecule has 3 aromatic rings. The Labute approximate surface area is 223 Å². The van der Waals surface area contributed by atoms with Gasteiger partial charge < -0.3 is 25.4 Å². The van der Waals surface area contributed by atoms with Gasteiger partial charge in [0.1, 0.15) is 24.9 Å². The molecule has 1 aliphatic heterocycles. The summed E-state index contributed by atoms with van der Waals surface area (Å²) in [6.45, 7) is 0.693. The molecule has 1 saturated heterocycles. The Balaban J connectivity index is 1.62. The quantitative estimate of drug-likeness (QED) is 0.396. The first-order chi connectivity index (χ1) is 18.8. The first kappa shape index (κ1) is 28.7. The summed E-state index contributed by atoms with van der Waals surface area (Å²) in [6, 6.07) is 2.62. The van der Waals surface area contributed by atoms with Gasteiger partial charge in [-0.05, 0) is 24.6 Å². The van der Waals surface area contributed by atoms with Gasteiger partial charge in [-0.25, -0.2) is 8.78 Å². The van der Waals surface area contributed by atoms with Crippen molar-refractivity contribution < 1.29 is 45.8 Å². The standard InChI is InChI=1S/C24H23F5N6O5/c1-3-11-7-12-15(8-31-11)35(33-19(12)22(30)37)10-17(36)34-9-13(25)21(39-2)20(34)23(38)32-14-5-4-6-16(18(14)26)40-24(27,28)29/h4-8,13,20-21H,3,9-10H2,1-2H3,(H2,30,37)(H,32,38)/t13-,20-,21+/m0/s1. The van der Waals surface area contributed by atoms with Crippen LogP contribution in [0.3, 0.4) is 0 Å². The molecule has 0 unspecified atom stereocenters. The number of fused-ring (bicyclic) bond motifs is 1. The molecule has 3 amide bonds. The number of nitrogens with zero attached hydrogens (tertiary/aromatic N) is 4. The number of carbonyl (C=O) groups excluding carboxylic acids is 3. The van der Waals surface area contributed by atoms with Crippen molar-refractivity contribution in [3.63, 3.8) is 0 Å². The average Bonchev–Trinajstić information content (AvgIpc) is 3.42. The van der Waals surface area contributed by atoms with E-state index in [9.17, 15) is 36.3 Å². The van der Waals surface area contributed by atoms with Gasteiger partial charge in [0.05, 0.1) is 23.9 Å². The van der Waals surface area contributed by atoms with Crippen molar-refractivity contribution in [1.29, 1.82) is 0 Å². The fraction of sp³-hybridized carbons (Fsp3) is 0.375. The molecule has 2 aromatic heterocycles. The summed E-state index contributed by atoms with van der Waals surface area (Å²) in [4.78, 5) is 43.5. The predicted molar refractivity (Wildman–Crippen MR) is 128 cm³/mol. The van der Waals surface area contributed by atoms with Crippen LogP contribution in [0.2, 0.25) is 0 Å². The van der Waals surface area contributed by atoms with Crippen LogP contribution in [-0.2, 0) is 27.3 Å². The molecule has 0 saturated carbocycles.